The van der Waals surface area contributed by atoms with Crippen molar-refractivity contribution >= 4 is 35.2 Å². The van der Waals surface area contributed by atoms with Crippen LogP contribution in [0.3, 0.4) is 0 Å². The van der Waals surface area contributed by atoms with Gasteiger partial charge in [-0.15, -0.1) is 11.8 Å². The summed E-state index contributed by atoms with van der Waals surface area (Å²) in [5.74, 6) is 0.294. The highest BCUT2D eigenvalue weighted by Gasteiger charge is 2.28. The summed E-state index contributed by atoms with van der Waals surface area (Å²) in [7, 11) is 0. The van der Waals surface area contributed by atoms with Gasteiger partial charge in [-0.25, -0.2) is 4.39 Å². The number of benzene rings is 2. The number of nitrogens with zero attached hydrogens (tertiary/aromatic N) is 1. The molecule has 0 saturated carbocycles. The van der Waals surface area contributed by atoms with Gasteiger partial charge in [0.25, 0.3) is 0 Å². The van der Waals surface area contributed by atoms with Crippen LogP contribution in [0.15, 0.2) is 48.5 Å². The molecule has 156 valence electrons. The van der Waals surface area contributed by atoms with E-state index in [1.54, 1.807) is 29.2 Å². The maximum Gasteiger partial charge on any atom is 0.242 e. The Kier molecular flexibility index (Phi) is 9.48. The molecule has 0 spiro atoms. The van der Waals surface area contributed by atoms with Crippen LogP contribution in [0.5, 0.6) is 0 Å². The highest BCUT2D eigenvalue weighted by molar-refractivity contribution is 7.99. The van der Waals surface area contributed by atoms with E-state index in [4.69, 9.17) is 11.6 Å². The number of carbonyl (C=O) groups excluding carboxylic acids is 2. The van der Waals surface area contributed by atoms with Gasteiger partial charge in [0, 0.05) is 23.9 Å². The number of hydrogen-bond acceptors (Lipinski definition) is 3. The molecule has 0 aliphatic heterocycles. The molecule has 0 saturated heterocycles. The molecule has 0 aliphatic carbocycles. The van der Waals surface area contributed by atoms with E-state index < -0.39 is 6.04 Å². The minimum atomic E-state index is -0.537. The molecule has 0 bridgehead atoms. The van der Waals surface area contributed by atoms with Gasteiger partial charge in [-0.2, -0.15) is 0 Å². The summed E-state index contributed by atoms with van der Waals surface area (Å²) in [4.78, 5) is 27.2. The molecule has 7 heteroatoms. The topological polar surface area (TPSA) is 49.4 Å². The van der Waals surface area contributed by atoms with E-state index in [1.807, 2.05) is 26.0 Å². The first-order valence-electron chi connectivity index (χ1n) is 9.58. The molecule has 2 aromatic carbocycles. The van der Waals surface area contributed by atoms with Crippen LogP contribution in [0.4, 0.5) is 4.39 Å². The Bertz CT molecular complexity index is 799. The molecule has 2 rings (SSSR count). The average molecular weight is 437 g/mol. The van der Waals surface area contributed by atoms with E-state index in [9.17, 15) is 14.0 Å². The number of hydrogen-bond donors (Lipinski definition) is 1. The first-order chi connectivity index (χ1) is 13.9. The molecule has 1 atom stereocenters. The summed E-state index contributed by atoms with van der Waals surface area (Å²) < 4.78 is 13.0. The van der Waals surface area contributed by atoms with Crippen molar-refractivity contribution in [3.05, 3.63) is 70.5 Å². The molecular formula is C22H26ClFN2O2S. The molecule has 0 aromatic heterocycles. The largest absolute Gasteiger partial charge is 0.355 e. The van der Waals surface area contributed by atoms with Gasteiger partial charge in [-0.1, -0.05) is 42.8 Å². The number of rotatable bonds is 10. The Balaban J connectivity index is 2.08. The van der Waals surface area contributed by atoms with Gasteiger partial charge in [-0.05, 0) is 48.7 Å². The van der Waals surface area contributed by atoms with E-state index in [0.717, 1.165) is 11.1 Å². The quantitative estimate of drug-likeness (QED) is 0.589. The van der Waals surface area contributed by atoms with Crippen molar-refractivity contribution in [2.45, 2.75) is 38.6 Å². The van der Waals surface area contributed by atoms with Crippen molar-refractivity contribution in [3.63, 3.8) is 0 Å². The molecule has 2 aromatic rings. The van der Waals surface area contributed by atoms with Crippen molar-refractivity contribution in [1.29, 1.82) is 0 Å². The fraction of sp³-hybridized carbons (Fsp3) is 0.364. The number of amides is 2. The standard InChI is InChI=1S/C22H26ClFN2O2S/c1-3-20(22(28)25-4-2)26(13-16-5-9-18(23)10-6-16)21(27)15-29-14-17-7-11-19(24)12-8-17/h5-12,20H,3-4,13-15H2,1-2H3,(H,25,28). The van der Waals surface area contributed by atoms with Gasteiger partial charge in [0.2, 0.25) is 11.8 Å². The predicted molar refractivity (Wildman–Crippen MR) is 117 cm³/mol. The fourth-order valence-corrected chi connectivity index (χ4v) is 3.91. The minimum absolute atomic E-state index is 0.106. The van der Waals surface area contributed by atoms with E-state index in [-0.39, 0.29) is 23.4 Å². The fourth-order valence-electron chi connectivity index (χ4n) is 2.92. The zero-order valence-electron chi connectivity index (χ0n) is 16.7. The summed E-state index contributed by atoms with van der Waals surface area (Å²) in [6.07, 6.45) is 0.522. The lowest BCUT2D eigenvalue weighted by atomic mass is 10.1. The van der Waals surface area contributed by atoms with E-state index >= 15 is 0 Å². The first kappa shape index (κ1) is 23.2. The Labute approximate surface area is 180 Å². The second kappa shape index (κ2) is 11.8. The molecule has 2 amide bonds. The zero-order valence-corrected chi connectivity index (χ0v) is 18.2. The number of thioether (sulfide) groups is 1. The van der Waals surface area contributed by atoms with Crippen LogP contribution < -0.4 is 5.32 Å². The Morgan fingerprint density at radius 1 is 1.07 bits per heavy atom. The lowest BCUT2D eigenvalue weighted by Crippen LogP contribution is -2.49. The third-order valence-corrected chi connectivity index (χ3v) is 5.65. The predicted octanol–water partition coefficient (Wildman–Crippen LogP) is 4.66. The Hall–Kier alpha value is -2.05. The minimum Gasteiger partial charge on any atom is -0.355 e. The van der Waals surface area contributed by atoms with Gasteiger partial charge in [0.15, 0.2) is 0 Å². The molecule has 1 N–H and O–H groups in total. The van der Waals surface area contributed by atoms with Crippen molar-refractivity contribution in [2.24, 2.45) is 0 Å². The molecule has 0 aliphatic rings. The van der Waals surface area contributed by atoms with Crippen molar-refractivity contribution in [2.75, 3.05) is 12.3 Å². The zero-order chi connectivity index (χ0) is 21.2. The van der Waals surface area contributed by atoms with Crippen LogP contribution in [0, 0.1) is 5.82 Å². The van der Waals surface area contributed by atoms with E-state index in [2.05, 4.69) is 5.32 Å². The van der Waals surface area contributed by atoms with Crippen LogP contribution in [0.25, 0.3) is 0 Å². The molecular weight excluding hydrogens is 411 g/mol. The molecule has 1 unspecified atom stereocenters. The van der Waals surface area contributed by atoms with Gasteiger partial charge >= 0.3 is 0 Å². The lowest BCUT2D eigenvalue weighted by molar-refractivity contribution is -0.139. The van der Waals surface area contributed by atoms with Gasteiger partial charge in [0.05, 0.1) is 5.75 Å². The Morgan fingerprint density at radius 2 is 1.69 bits per heavy atom. The maximum atomic E-state index is 13.0. The van der Waals surface area contributed by atoms with Crippen molar-refractivity contribution < 1.29 is 14.0 Å². The number of carbonyl (C=O) groups is 2. The summed E-state index contributed by atoms with van der Waals surface area (Å²) in [6.45, 7) is 4.60. The van der Waals surface area contributed by atoms with Gasteiger partial charge < -0.3 is 10.2 Å². The highest BCUT2D eigenvalue weighted by atomic mass is 35.5. The molecule has 0 radical (unpaired) electrons. The van der Waals surface area contributed by atoms with E-state index in [1.165, 1.54) is 23.9 Å². The second-order valence-electron chi connectivity index (χ2n) is 6.59. The number of likely N-dealkylation sites (N-methyl/N-ethyl adjacent to an activating group) is 1. The van der Waals surface area contributed by atoms with E-state index in [0.29, 0.717) is 30.3 Å². The third kappa shape index (κ3) is 7.37. The SMILES string of the molecule is CCNC(=O)C(CC)N(Cc1ccc(Cl)cc1)C(=O)CSCc1ccc(F)cc1. The molecule has 0 fully saturated rings. The maximum absolute atomic E-state index is 13.0. The first-order valence-corrected chi connectivity index (χ1v) is 11.1. The summed E-state index contributed by atoms with van der Waals surface area (Å²) in [6, 6.07) is 13.0. The average Bonchev–Trinajstić information content (AvgIpc) is 2.71. The highest BCUT2D eigenvalue weighted by Crippen LogP contribution is 2.18. The van der Waals surface area contributed by atoms with Crippen LogP contribution >= 0.6 is 23.4 Å². The monoisotopic (exact) mass is 436 g/mol. The van der Waals surface area contributed by atoms with Crippen LogP contribution in [-0.4, -0.2) is 35.1 Å². The molecule has 29 heavy (non-hydrogen) atoms. The van der Waals surface area contributed by atoms with Crippen LogP contribution in [-0.2, 0) is 21.9 Å². The molecule has 0 heterocycles. The van der Waals surface area contributed by atoms with Crippen molar-refractivity contribution in [1.82, 2.24) is 10.2 Å². The normalized spacial score (nSPS) is 11.7. The van der Waals surface area contributed by atoms with Crippen LogP contribution in [0.1, 0.15) is 31.4 Å². The molecule has 4 nitrogen and oxygen atoms in total. The summed E-state index contributed by atoms with van der Waals surface area (Å²) in [5.41, 5.74) is 1.86. The summed E-state index contributed by atoms with van der Waals surface area (Å²) >= 11 is 7.41. The Morgan fingerprint density at radius 3 is 2.28 bits per heavy atom. The second-order valence-corrected chi connectivity index (χ2v) is 8.01. The lowest BCUT2D eigenvalue weighted by Gasteiger charge is -2.30. The third-order valence-electron chi connectivity index (χ3n) is 4.41. The van der Waals surface area contributed by atoms with Crippen molar-refractivity contribution in [3.8, 4) is 0 Å². The summed E-state index contributed by atoms with van der Waals surface area (Å²) in [5, 5.41) is 3.44. The van der Waals surface area contributed by atoms with Gasteiger partial charge in [0.1, 0.15) is 11.9 Å². The number of nitrogens with one attached hydrogen (secondary N) is 1. The number of halogens is 2. The van der Waals surface area contributed by atoms with Gasteiger partial charge in [-0.3, -0.25) is 9.59 Å². The smallest absolute Gasteiger partial charge is 0.242 e. The van der Waals surface area contributed by atoms with Crippen LogP contribution in [0.2, 0.25) is 5.02 Å².